The average Bonchev–Trinajstić information content (AvgIpc) is 2.28. The van der Waals surface area contributed by atoms with E-state index < -0.39 is 0 Å². The largest absolute Gasteiger partial charge is 0.398 e. The molecule has 0 heterocycles. The second kappa shape index (κ2) is 5.86. The Morgan fingerprint density at radius 1 is 1.56 bits per heavy atom. The highest BCUT2D eigenvalue weighted by atomic mass is 79.9. The van der Waals surface area contributed by atoms with E-state index in [1.165, 1.54) is 0 Å². The number of likely N-dealkylation sites (N-methyl/N-ethyl adjacent to an activating group) is 2. The third-order valence-corrected chi connectivity index (χ3v) is 2.78. The minimum atomic E-state index is -0.0611. The van der Waals surface area contributed by atoms with Crippen molar-refractivity contribution in [1.82, 2.24) is 10.2 Å². The summed E-state index contributed by atoms with van der Waals surface area (Å²) in [5.74, 6) is -0.0611. The van der Waals surface area contributed by atoms with E-state index in [0.29, 0.717) is 17.8 Å². The van der Waals surface area contributed by atoms with Gasteiger partial charge in [0, 0.05) is 30.3 Å². The molecule has 1 aromatic carbocycles. The first kappa shape index (κ1) is 13.0. The number of rotatable bonds is 4. The van der Waals surface area contributed by atoms with Gasteiger partial charge in [0.15, 0.2) is 0 Å². The van der Waals surface area contributed by atoms with Crippen LogP contribution in [-0.4, -0.2) is 38.0 Å². The molecule has 0 spiro atoms. The molecule has 3 N–H and O–H groups in total. The molecular weight excluding hydrogens is 270 g/mol. The summed E-state index contributed by atoms with van der Waals surface area (Å²) in [6, 6.07) is 5.29. The van der Waals surface area contributed by atoms with E-state index in [0.717, 1.165) is 11.0 Å². The maximum atomic E-state index is 12.0. The number of amides is 1. The van der Waals surface area contributed by atoms with Gasteiger partial charge < -0.3 is 16.0 Å². The third kappa shape index (κ3) is 3.21. The normalized spacial score (nSPS) is 10.2. The molecular formula is C11H16BrN3O. The third-order valence-electron chi connectivity index (χ3n) is 2.29. The average molecular weight is 286 g/mol. The molecule has 0 aliphatic rings. The first-order valence-corrected chi connectivity index (χ1v) is 5.80. The molecule has 0 atom stereocenters. The van der Waals surface area contributed by atoms with Crippen LogP contribution in [0, 0.1) is 0 Å². The van der Waals surface area contributed by atoms with Gasteiger partial charge in [0.25, 0.3) is 5.91 Å². The second-order valence-corrected chi connectivity index (χ2v) is 4.48. The summed E-state index contributed by atoms with van der Waals surface area (Å²) in [5.41, 5.74) is 6.81. The van der Waals surface area contributed by atoms with E-state index in [1.807, 2.05) is 13.1 Å². The van der Waals surface area contributed by atoms with Crippen molar-refractivity contribution >= 4 is 27.5 Å². The number of carbonyl (C=O) groups is 1. The number of carbonyl (C=O) groups excluding carboxylic acids is 1. The molecule has 0 bridgehead atoms. The van der Waals surface area contributed by atoms with Crippen LogP contribution in [0.5, 0.6) is 0 Å². The van der Waals surface area contributed by atoms with Crippen LogP contribution in [0.15, 0.2) is 22.7 Å². The highest BCUT2D eigenvalue weighted by Gasteiger charge is 2.14. The van der Waals surface area contributed by atoms with Gasteiger partial charge in [-0.15, -0.1) is 0 Å². The standard InChI is InChI=1S/C11H16BrN3O/c1-14-5-6-15(2)11(16)9-7-8(12)3-4-10(9)13/h3-4,7,14H,5-6,13H2,1-2H3. The van der Waals surface area contributed by atoms with Gasteiger partial charge in [-0.2, -0.15) is 0 Å². The van der Waals surface area contributed by atoms with E-state index in [1.54, 1.807) is 24.1 Å². The van der Waals surface area contributed by atoms with Crippen LogP contribution < -0.4 is 11.1 Å². The SMILES string of the molecule is CNCCN(C)C(=O)c1cc(Br)ccc1N. The lowest BCUT2D eigenvalue weighted by Crippen LogP contribution is -2.33. The molecule has 0 aromatic heterocycles. The number of nitrogen functional groups attached to an aromatic ring is 1. The smallest absolute Gasteiger partial charge is 0.255 e. The zero-order chi connectivity index (χ0) is 12.1. The van der Waals surface area contributed by atoms with E-state index in [2.05, 4.69) is 21.2 Å². The fourth-order valence-corrected chi connectivity index (χ4v) is 1.66. The van der Waals surface area contributed by atoms with Crippen molar-refractivity contribution in [2.45, 2.75) is 0 Å². The monoisotopic (exact) mass is 285 g/mol. The van der Waals surface area contributed by atoms with Crippen LogP contribution in [0.2, 0.25) is 0 Å². The Morgan fingerprint density at radius 2 is 2.25 bits per heavy atom. The zero-order valence-electron chi connectivity index (χ0n) is 9.46. The zero-order valence-corrected chi connectivity index (χ0v) is 11.0. The molecule has 0 aliphatic carbocycles. The van der Waals surface area contributed by atoms with Crippen molar-refractivity contribution in [3.05, 3.63) is 28.2 Å². The summed E-state index contributed by atoms with van der Waals surface area (Å²) >= 11 is 3.33. The second-order valence-electron chi connectivity index (χ2n) is 3.56. The minimum Gasteiger partial charge on any atom is -0.398 e. The molecule has 5 heteroatoms. The summed E-state index contributed by atoms with van der Waals surface area (Å²) < 4.78 is 0.854. The summed E-state index contributed by atoms with van der Waals surface area (Å²) in [5, 5.41) is 3.00. The summed E-state index contributed by atoms with van der Waals surface area (Å²) in [4.78, 5) is 13.7. The van der Waals surface area contributed by atoms with Crippen LogP contribution in [0.4, 0.5) is 5.69 Å². The van der Waals surface area contributed by atoms with E-state index >= 15 is 0 Å². The molecule has 1 aromatic rings. The van der Waals surface area contributed by atoms with Crippen LogP contribution in [0.1, 0.15) is 10.4 Å². The maximum Gasteiger partial charge on any atom is 0.255 e. The Hall–Kier alpha value is -1.07. The molecule has 0 saturated carbocycles. The van der Waals surface area contributed by atoms with Gasteiger partial charge in [0.05, 0.1) is 5.56 Å². The number of nitrogens with two attached hydrogens (primary N) is 1. The van der Waals surface area contributed by atoms with E-state index in [-0.39, 0.29) is 5.91 Å². The first-order valence-electron chi connectivity index (χ1n) is 5.01. The van der Waals surface area contributed by atoms with Gasteiger partial charge in [-0.3, -0.25) is 4.79 Å². The molecule has 88 valence electrons. The van der Waals surface area contributed by atoms with E-state index in [9.17, 15) is 4.79 Å². The van der Waals surface area contributed by atoms with Crippen molar-refractivity contribution < 1.29 is 4.79 Å². The van der Waals surface area contributed by atoms with Crippen molar-refractivity contribution in [3.63, 3.8) is 0 Å². The van der Waals surface area contributed by atoms with Crippen LogP contribution >= 0.6 is 15.9 Å². The summed E-state index contributed by atoms with van der Waals surface area (Å²) in [7, 11) is 3.62. The number of hydrogen-bond donors (Lipinski definition) is 2. The summed E-state index contributed by atoms with van der Waals surface area (Å²) in [6.07, 6.45) is 0. The van der Waals surface area contributed by atoms with Gasteiger partial charge in [-0.25, -0.2) is 0 Å². The number of nitrogens with one attached hydrogen (secondary N) is 1. The quantitative estimate of drug-likeness (QED) is 0.821. The Morgan fingerprint density at radius 3 is 2.88 bits per heavy atom. The van der Waals surface area contributed by atoms with Crippen molar-refractivity contribution in [2.24, 2.45) is 0 Å². The summed E-state index contributed by atoms with van der Waals surface area (Å²) in [6.45, 7) is 1.41. The number of nitrogens with zero attached hydrogens (tertiary/aromatic N) is 1. The predicted octanol–water partition coefficient (Wildman–Crippen LogP) is 1.32. The van der Waals surface area contributed by atoms with Crippen molar-refractivity contribution in [1.29, 1.82) is 0 Å². The highest BCUT2D eigenvalue weighted by Crippen LogP contribution is 2.19. The Kier molecular flexibility index (Phi) is 4.76. The lowest BCUT2D eigenvalue weighted by atomic mass is 10.1. The lowest BCUT2D eigenvalue weighted by Gasteiger charge is -2.18. The van der Waals surface area contributed by atoms with Gasteiger partial charge in [0.2, 0.25) is 0 Å². The molecule has 16 heavy (non-hydrogen) atoms. The topological polar surface area (TPSA) is 58.4 Å². The molecule has 0 saturated heterocycles. The molecule has 4 nitrogen and oxygen atoms in total. The molecule has 0 radical (unpaired) electrons. The van der Waals surface area contributed by atoms with Gasteiger partial charge >= 0.3 is 0 Å². The lowest BCUT2D eigenvalue weighted by molar-refractivity contribution is 0.0798. The fraction of sp³-hybridized carbons (Fsp3) is 0.364. The number of hydrogen-bond acceptors (Lipinski definition) is 3. The minimum absolute atomic E-state index is 0.0611. The number of anilines is 1. The van der Waals surface area contributed by atoms with Gasteiger partial charge in [-0.1, -0.05) is 15.9 Å². The Bertz CT molecular complexity index is 381. The van der Waals surface area contributed by atoms with Crippen LogP contribution in [0.3, 0.4) is 0 Å². The molecule has 1 rings (SSSR count). The van der Waals surface area contributed by atoms with Crippen molar-refractivity contribution in [3.8, 4) is 0 Å². The van der Waals surface area contributed by atoms with Crippen LogP contribution in [0.25, 0.3) is 0 Å². The van der Waals surface area contributed by atoms with Gasteiger partial charge in [0.1, 0.15) is 0 Å². The predicted molar refractivity (Wildman–Crippen MR) is 69.4 cm³/mol. The van der Waals surface area contributed by atoms with E-state index in [4.69, 9.17) is 5.73 Å². The Labute approximate surface area is 104 Å². The van der Waals surface area contributed by atoms with Gasteiger partial charge in [-0.05, 0) is 25.2 Å². The fourth-order valence-electron chi connectivity index (χ4n) is 1.30. The molecule has 0 aliphatic heterocycles. The first-order chi connectivity index (χ1) is 7.56. The maximum absolute atomic E-state index is 12.0. The molecule has 0 unspecified atom stereocenters. The Balaban J connectivity index is 2.83. The molecule has 0 fully saturated rings. The van der Waals surface area contributed by atoms with Crippen LogP contribution in [-0.2, 0) is 0 Å². The highest BCUT2D eigenvalue weighted by molar-refractivity contribution is 9.10. The number of benzene rings is 1. The molecule has 1 amide bonds. The number of halogens is 1. The van der Waals surface area contributed by atoms with Crippen molar-refractivity contribution in [2.75, 3.05) is 32.9 Å².